The molecule has 3 aliphatic carbocycles. The first kappa shape index (κ1) is 34.3. The molecule has 0 radical (unpaired) electrons. The number of hydrogen-bond donors (Lipinski definition) is 2. The van der Waals surface area contributed by atoms with Crippen LogP contribution in [0, 0.1) is 11.3 Å². The summed E-state index contributed by atoms with van der Waals surface area (Å²) in [4.78, 5) is 21.4. The van der Waals surface area contributed by atoms with Crippen molar-refractivity contribution in [1.82, 2.24) is 9.88 Å². The number of pyridine rings is 1. The number of piperidine rings is 2. The molecule has 1 spiro atoms. The van der Waals surface area contributed by atoms with Crippen LogP contribution in [0.2, 0.25) is 0 Å². The molecule has 3 saturated heterocycles. The summed E-state index contributed by atoms with van der Waals surface area (Å²) in [5.74, 6) is 0.202. The lowest BCUT2D eigenvalue weighted by Gasteiger charge is -2.58. The van der Waals surface area contributed by atoms with Gasteiger partial charge in [0.15, 0.2) is 11.9 Å². The Kier molecular flexibility index (Phi) is 10.2. The van der Waals surface area contributed by atoms with E-state index in [4.69, 9.17) is 4.74 Å². The van der Waals surface area contributed by atoms with Crippen molar-refractivity contribution >= 4 is 38.8 Å². The minimum absolute atomic E-state index is 0.202. The zero-order chi connectivity index (χ0) is 34.0. The number of likely N-dealkylation sites (tertiary alicyclic amines) is 1. The maximum absolute atomic E-state index is 12.4. The monoisotopic (exact) mass is 725 g/mol. The molecule has 4 heterocycles. The lowest BCUT2D eigenvalue weighted by molar-refractivity contribution is -0.153. The smallest absolute Gasteiger partial charge is 0.175 e. The second-order valence-corrected chi connectivity index (χ2v) is 15.0. The van der Waals surface area contributed by atoms with Crippen LogP contribution in [-0.2, 0) is 9.53 Å². The van der Waals surface area contributed by atoms with Crippen molar-refractivity contribution in [3.8, 4) is 0 Å². The number of benzene rings is 2. The summed E-state index contributed by atoms with van der Waals surface area (Å²) in [6, 6.07) is 23.1. The van der Waals surface area contributed by atoms with Crippen molar-refractivity contribution in [3.05, 3.63) is 108 Å². The van der Waals surface area contributed by atoms with Crippen molar-refractivity contribution in [2.24, 2.45) is 11.3 Å². The zero-order valence-electron chi connectivity index (χ0n) is 28.3. The van der Waals surface area contributed by atoms with Crippen LogP contribution in [0.4, 0.5) is 5.69 Å². The summed E-state index contributed by atoms with van der Waals surface area (Å²) in [7, 11) is 2.17. The molecule has 7 atom stereocenters. The van der Waals surface area contributed by atoms with Crippen LogP contribution >= 0.6 is 15.9 Å². The van der Waals surface area contributed by atoms with Crippen molar-refractivity contribution < 1.29 is 19.7 Å². The Bertz CT molecular complexity index is 1660. The van der Waals surface area contributed by atoms with Gasteiger partial charge in [0.05, 0.1) is 17.7 Å². The highest BCUT2D eigenvalue weighted by Crippen LogP contribution is 2.67. The fourth-order valence-electron chi connectivity index (χ4n) is 9.31. The Balaban J connectivity index is 0.000000140. The summed E-state index contributed by atoms with van der Waals surface area (Å²) >= 11 is 3.51. The molecule has 258 valence electrons. The van der Waals surface area contributed by atoms with E-state index >= 15 is 0 Å². The van der Waals surface area contributed by atoms with Crippen molar-refractivity contribution in [1.29, 1.82) is 0 Å². The van der Waals surface area contributed by atoms with Crippen molar-refractivity contribution in [3.63, 3.8) is 0 Å². The lowest BCUT2D eigenvalue weighted by Crippen LogP contribution is -2.62. The van der Waals surface area contributed by atoms with E-state index in [1.54, 1.807) is 0 Å². The number of halogens is 1. The molecule has 3 aromatic rings. The number of para-hydroxylation sites is 2. The molecule has 1 aromatic heterocycles. The Morgan fingerprint density at radius 1 is 0.980 bits per heavy atom. The van der Waals surface area contributed by atoms with Crippen LogP contribution in [-0.4, -0.2) is 88.3 Å². The molecule has 3 fully saturated rings. The number of ether oxygens (including phenoxy) is 1. The second kappa shape index (κ2) is 14.6. The fourth-order valence-corrected chi connectivity index (χ4v) is 9.59. The van der Waals surface area contributed by atoms with Crippen LogP contribution in [0.3, 0.4) is 0 Å². The summed E-state index contributed by atoms with van der Waals surface area (Å²) in [5, 5.41) is 23.9. The number of hydrogen-bond acceptors (Lipinski definition) is 7. The average molecular weight is 727 g/mol. The number of anilines is 1. The van der Waals surface area contributed by atoms with E-state index in [2.05, 4.69) is 86.3 Å². The van der Waals surface area contributed by atoms with Gasteiger partial charge in [0.1, 0.15) is 6.10 Å². The fraction of sp³-hybridized carbons (Fsp3) is 0.463. The maximum atomic E-state index is 12.4. The number of fused-ring (bicyclic) bond motifs is 1. The lowest BCUT2D eigenvalue weighted by atomic mass is 9.49. The van der Waals surface area contributed by atoms with Gasteiger partial charge in [-0.1, -0.05) is 70.5 Å². The van der Waals surface area contributed by atoms with Crippen LogP contribution in [0.5, 0.6) is 0 Å². The molecule has 2 N–H and O–H groups in total. The number of nitrogens with zero attached hydrogens (tertiary/aromatic N) is 3. The van der Waals surface area contributed by atoms with E-state index in [0.29, 0.717) is 6.04 Å². The van der Waals surface area contributed by atoms with E-state index < -0.39 is 29.3 Å². The molecule has 0 saturated carbocycles. The van der Waals surface area contributed by atoms with E-state index in [1.807, 2.05) is 42.6 Å². The summed E-state index contributed by atoms with van der Waals surface area (Å²) < 4.78 is 6.33. The first-order valence-electron chi connectivity index (χ1n) is 17.9. The summed E-state index contributed by atoms with van der Waals surface area (Å²) in [6.07, 6.45) is 13.8. The van der Waals surface area contributed by atoms with Crippen molar-refractivity contribution in [2.45, 2.75) is 74.9 Å². The Morgan fingerprint density at radius 3 is 2.49 bits per heavy atom. The number of aliphatic hydroxyl groups is 2. The van der Waals surface area contributed by atoms with E-state index in [-0.39, 0.29) is 5.92 Å². The van der Waals surface area contributed by atoms with Gasteiger partial charge in [0, 0.05) is 53.1 Å². The van der Waals surface area contributed by atoms with E-state index in [9.17, 15) is 15.0 Å². The zero-order valence-corrected chi connectivity index (χ0v) is 29.9. The molecule has 8 heteroatoms. The SMILES string of the molecule is CN1CC[C@@]23C4=C5C[C@@H]1[C@@H]2C=C[C@H](O)[C@@H]3OC4(C=O)C(O)C=C5CCCBr.c1ccc(N2CCCCC2)cc1.c1ccc2ncccc2c1. The molecule has 2 unspecified atom stereocenters. The third-order valence-electron chi connectivity index (χ3n) is 11.6. The van der Waals surface area contributed by atoms with Gasteiger partial charge in [-0.15, -0.1) is 0 Å². The van der Waals surface area contributed by atoms with Crippen LogP contribution in [0.1, 0.15) is 44.9 Å². The first-order valence-corrected chi connectivity index (χ1v) is 19.0. The number of aldehydes is 1. The van der Waals surface area contributed by atoms with Gasteiger partial charge in [-0.2, -0.15) is 0 Å². The quantitative estimate of drug-likeness (QED) is 0.173. The minimum atomic E-state index is -1.34. The largest absolute Gasteiger partial charge is 0.386 e. The molecular formula is C41H48BrN3O4. The average Bonchev–Trinajstić information content (AvgIpc) is 3.47. The molecule has 7 nitrogen and oxygen atoms in total. The van der Waals surface area contributed by atoms with Gasteiger partial charge in [0.2, 0.25) is 0 Å². The molecule has 49 heavy (non-hydrogen) atoms. The predicted octanol–water partition coefficient (Wildman–Crippen LogP) is 6.65. The number of carbonyl (C=O) groups excluding carboxylic acids is 1. The number of aromatic nitrogens is 1. The van der Waals surface area contributed by atoms with Crippen LogP contribution in [0.25, 0.3) is 10.9 Å². The normalized spacial score (nSPS) is 32.7. The van der Waals surface area contributed by atoms with Crippen LogP contribution < -0.4 is 4.90 Å². The van der Waals surface area contributed by atoms with Crippen LogP contribution in [0.15, 0.2) is 108 Å². The standard InChI is InChI=1S/C21H26BrNO4.C11H15N.C9H7N/c1-23-8-6-20-14-4-5-16(25)19(20)27-21(11-24)17(26)9-12(3-2-7-22)13(18(20)21)10-15(14)23;1-3-7-11(8-4-1)12-9-5-2-6-10-12;1-2-6-9-8(4-1)5-3-7-10-9/h4-5,9,11,14-17,19,25-26H,2-3,6-8,10H2,1H3;1,3-4,7-8H,2,5-6,9-10H2;1-7H/t14-,15+,16-,17?,19-,20-,21?;;/m0../s1. The summed E-state index contributed by atoms with van der Waals surface area (Å²) in [5.41, 5.74) is 4.04. The van der Waals surface area contributed by atoms with Gasteiger partial charge in [-0.05, 0) is 106 Å². The molecule has 6 aliphatic rings. The third-order valence-corrected chi connectivity index (χ3v) is 12.2. The number of allylic oxidation sites excluding steroid dienone is 1. The van der Waals surface area contributed by atoms with E-state index in [1.165, 1.54) is 49.0 Å². The molecule has 2 bridgehead atoms. The third kappa shape index (κ3) is 6.14. The Morgan fingerprint density at radius 2 is 1.73 bits per heavy atom. The topological polar surface area (TPSA) is 86.1 Å². The molecular weight excluding hydrogens is 678 g/mol. The number of carbonyl (C=O) groups is 1. The molecule has 3 aliphatic heterocycles. The van der Waals surface area contributed by atoms with Gasteiger partial charge < -0.3 is 24.7 Å². The van der Waals surface area contributed by atoms with Gasteiger partial charge in [-0.3, -0.25) is 9.78 Å². The number of aliphatic hydroxyl groups excluding tert-OH is 2. The highest BCUT2D eigenvalue weighted by atomic mass is 79.9. The Labute approximate surface area is 298 Å². The Hall–Kier alpha value is -3.14. The predicted molar refractivity (Wildman–Crippen MR) is 199 cm³/mol. The highest BCUT2D eigenvalue weighted by molar-refractivity contribution is 9.09. The minimum Gasteiger partial charge on any atom is -0.386 e. The van der Waals surface area contributed by atoms with E-state index in [0.717, 1.165) is 60.5 Å². The van der Waals surface area contributed by atoms with Crippen molar-refractivity contribution in [2.75, 3.05) is 36.9 Å². The first-order chi connectivity index (χ1) is 23.9. The van der Waals surface area contributed by atoms with Gasteiger partial charge in [-0.25, -0.2) is 0 Å². The molecule has 2 aromatic carbocycles. The number of rotatable bonds is 5. The molecule has 0 amide bonds. The maximum Gasteiger partial charge on any atom is 0.175 e. The van der Waals surface area contributed by atoms with Gasteiger partial charge >= 0.3 is 0 Å². The summed E-state index contributed by atoms with van der Waals surface area (Å²) in [6.45, 7) is 3.39. The molecule has 9 rings (SSSR count). The number of alkyl halides is 1. The van der Waals surface area contributed by atoms with Gasteiger partial charge in [0.25, 0.3) is 0 Å². The second-order valence-electron chi connectivity index (χ2n) is 14.3. The highest BCUT2D eigenvalue weighted by Gasteiger charge is 2.72.